The normalized spacial score (nSPS) is 12.4. The number of carboxylic acid groups (broad SMARTS) is 1. The van der Waals surface area contributed by atoms with Crippen molar-refractivity contribution in [1.82, 2.24) is 5.06 Å². The van der Waals surface area contributed by atoms with Crippen molar-refractivity contribution in [3.8, 4) is 0 Å². The first-order chi connectivity index (χ1) is 8.18. The highest BCUT2D eigenvalue weighted by Crippen LogP contribution is 2.28. The number of nitrogens with zero attached hydrogens (tertiary/aromatic N) is 1. The van der Waals surface area contributed by atoms with Crippen molar-refractivity contribution in [3.63, 3.8) is 0 Å². The lowest BCUT2D eigenvalue weighted by atomic mass is 10.2. The maximum absolute atomic E-state index is 12.6. The fraction of sp³-hybridized carbons (Fsp3) is 0.500. The molecule has 18 heavy (non-hydrogen) atoms. The summed E-state index contributed by atoms with van der Waals surface area (Å²) in [5.74, 6) is -1.18. The molecule has 0 saturated heterocycles. The number of carboxylic acids is 1. The van der Waals surface area contributed by atoms with Gasteiger partial charge in [-0.1, -0.05) is 6.58 Å². The molecule has 0 spiro atoms. The van der Waals surface area contributed by atoms with Gasteiger partial charge in [0.2, 0.25) is 0 Å². The summed E-state index contributed by atoms with van der Waals surface area (Å²) in [5.41, 5.74) is -1.32. The van der Waals surface area contributed by atoms with Crippen LogP contribution < -0.4 is 0 Å². The van der Waals surface area contributed by atoms with E-state index in [0.717, 1.165) is 7.05 Å². The molecule has 0 aromatic heterocycles. The summed E-state index contributed by atoms with van der Waals surface area (Å²) in [7, 11) is 0.992. The van der Waals surface area contributed by atoms with Crippen LogP contribution in [-0.4, -0.2) is 47.7 Å². The lowest BCUT2D eigenvalue weighted by Crippen LogP contribution is -2.30. The number of aliphatic hydroxyl groups excluding tert-OH is 1. The van der Waals surface area contributed by atoms with Crippen LogP contribution in [0.5, 0.6) is 0 Å². The quantitative estimate of drug-likeness (QED) is 0.539. The predicted octanol–water partition coefficient (Wildman–Crippen LogP) is 1.32. The molecule has 0 radical (unpaired) electrons. The van der Waals surface area contributed by atoms with Gasteiger partial charge in [-0.05, 0) is 11.6 Å². The van der Waals surface area contributed by atoms with Crippen molar-refractivity contribution < 1.29 is 33.0 Å². The first kappa shape index (κ1) is 16.5. The SMILES string of the molecule is C=C(/C=C(\N(C)OCCC(=O)O)C(F)(F)F)CO. The van der Waals surface area contributed by atoms with E-state index >= 15 is 0 Å². The minimum atomic E-state index is -4.70. The van der Waals surface area contributed by atoms with Crippen molar-refractivity contribution >= 4 is 5.97 Å². The number of hydrogen-bond donors (Lipinski definition) is 2. The zero-order chi connectivity index (χ0) is 14.3. The van der Waals surface area contributed by atoms with E-state index in [-0.39, 0.29) is 5.57 Å². The summed E-state index contributed by atoms with van der Waals surface area (Å²) in [6.45, 7) is 2.19. The third-order valence-corrected chi connectivity index (χ3v) is 1.77. The topological polar surface area (TPSA) is 70.0 Å². The number of allylic oxidation sites excluding steroid dienone is 1. The van der Waals surface area contributed by atoms with Crippen LogP contribution in [0.4, 0.5) is 13.2 Å². The lowest BCUT2D eigenvalue weighted by molar-refractivity contribution is -0.185. The Bertz CT molecular complexity index is 339. The molecule has 0 saturated carbocycles. The molecule has 8 heteroatoms. The molecule has 0 atom stereocenters. The van der Waals surface area contributed by atoms with E-state index in [1.54, 1.807) is 0 Å². The highest BCUT2D eigenvalue weighted by molar-refractivity contribution is 5.66. The highest BCUT2D eigenvalue weighted by Gasteiger charge is 2.37. The van der Waals surface area contributed by atoms with Crippen LogP contribution in [-0.2, 0) is 9.63 Å². The maximum atomic E-state index is 12.6. The zero-order valence-electron chi connectivity index (χ0n) is 9.70. The Morgan fingerprint density at radius 2 is 2.06 bits per heavy atom. The van der Waals surface area contributed by atoms with Gasteiger partial charge in [0, 0.05) is 7.05 Å². The van der Waals surface area contributed by atoms with Crippen molar-refractivity contribution in [1.29, 1.82) is 0 Å². The highest BCUT2D eigenvalue weighted by atomic mass is 19.4. The van der Waals surface area contributed by atoms with Gasteiger partial charge in [0.15, 0.2) is 0 Å². The second kappa shape index (κ2) is 7.02. The maximum Gasteiger partial charge on any atom is 0.433 e. The van der Waals surface area contributed by atoms with E-state index in [2.05, 4.69) is 11.4 Å². The summed E-state index contributed by atoms with van der Waals surface area (Å²) in [6, 6.07) is 0. The Morgan fingerprint density at radius 3 is 2.44 bits per heavy atom. The van der Waals surface area contributed by atoms with Gasteiger partial charge < -0.3 is 10.2 Å². The van der Waals surface area contributed by atoms with E-state index in [9.17, 15) is 18.0 Å². The Morgan fingerprint density at radius 1 is 1.50 bits per heavy atom. The summed E-state index contributed by atoms with van der Waals surface area (Å²) in [4.78, 5) is 14.8. The van der Waals surface area contributed by atoms with Crippen LogP contribution in [0.1, 0.15) is 6.42 Å². The number of alkyl halides is 3. The lowest BCUT2D eigenvalue weighted by Gasteiger charge is -2.23. The van der Waals surface area contributed by atoms with Crippen LogP contribution in [0.15, 0.2) is 23.9 Å². The van der Waals surface area contributed by atoms with Gasteiger partial charge in [-0.25, -0.2) is 0 Å². The average Bonchev–Trinajstić information content (AvgIpc) is 2.23. The van der Waals surface area contributed by atoms with Crippen molar-refractivity contribution in [2.24, 2.45) is 0 Å². The van der Waals surface area contributed by atoms with E-state index in [1.165, 1.54) is 0 Å². The van der Waals surface area contributed by atoms with E-state index in [4.69, 9.17) is 10.2 Å². The van der Waals surface area contributed by atoms with E-state index < -0.39 is 37.5 Å². The number of aliphatic hydroxyl groups is 1. The second-order valence-corrected chi connectivity index (χ2v) is 3.32. The Kier molecular flexibility index (Phi) is 6.42. The number of halogens is 3. The molecule has 104 valence electrons. The van der Waals surface area contributed by atoms with Gasteiger partial charge >= 0.3 is 12.1 Å². The molecule has 0 bridgehead atoms. The van der Waals surface area contributed by atoms with Crippen LogP contribution >= 0.6 is 0 Å². The fourth-order valence-electron chi connectivity index (χ4n) is 0.930. The first-order valence-electron chi connectivity index (χ1n) is 4.84. The molecule has 0 aliphatic rings. The van der Waals surface area contributed by atoms with Crippen LogP contribution in [0.25, 0.3) is 0 Å². The number of hydrogen-bond acceptors (Lipinski definition) is 4. The van der Waals surface area contributed by atoms with E-state index in [0.29, 0.717) is 11.1 Å². The Labute approximate surface area is 102 Å². The molecule has 0 aliphatic carbocycles. The molecule has 5 nitrogen and oxygen atoms in total. The largest absolute Gasteiger partial charge is 0.481 e. The number of rotatable bonds is 7. The molecular weight excluding hydrogens is 255 g/mol. The zero-order valence-corrected chi connectivity index (χ0v) is 9.70. The molecule has 0 unspecified atom stereocenters. The molecule has 0 heterocycles. The average molecular weight is 269 g/mol. The summed E-state index contributed by atoms with van der Waals surface area (Å²) in [6.07, 6.45) is -4.49. The monoisotopic (exact) mass is 269 g/mol. The van der Waals surface area contributed by atoms with Crippen LogP contribution in [0, 0.1) is 0 Å². The third kappa shape index (κ3) is 6.26. The third-order valence-electron chi connectivity index (χ3n) is 1.77. The Balaban J connectivity index is 4.72. The molecular formula is C10H14F3NO4. The molecule has 0 fully saturated rings. The van der Waals surface area contributed by atoms with Gasteiger partial charge in [-0.3, -0.25) is 14.7 Å². The molecule has 0 aliphatic heterocycles. The number of aliphatic carboxylic acids is 1. The standard InChI is InChI=1S/C10H14F3NO4/c1-7(6-15)5-8(10(11,12)13)14(2)18-4-3-9(16)17/h5,15H,1,3-4,6H2,2H3,(H,16,17)/b8-5-. The van der Waals surface area contributed by atoms with Crippen molar-refractivity contribution in [2.45, 2.75) is 12.6 Å². The van der Waals surface area contributed by atoms with Crippen molar-refractivity contribution in [2.75, 3.05) is 20.3 Å². The van der Waals surface area contributed by atoms with Crippen LogP contribution in [0.3, 0.4) is 0 Å². The minimum Gasteiger partial charge on any atom is -0.481 e. The van der Waals surface area contributed by atoms with Gasteiger partial charge in [-0.15, -0.1) is 0 Å². The Hall–Kier alpha value is -1.54. The minimum absolute atomic E-state index is 0.143. The predicted molar refractivity (Wildman–Crippen MR) is 56.3 cm³/mol. The second-order valence-electron chi connectivity index (χ2n) is 3.32. The van der Waals surface area contributed by atoms with Gasteiger partial charge in [0.05, 0.1) is 19.6 Å². The van der Waals surface area contributed by atoms with Crippen molar-refractivity contribution in [3.05, 3.63) is 23.9 Å². The fourth-order valence-corrected chi connectivity index (χ4v) is 0.930. The van der Waals surface area contributed by atoms with Crippen LogP contribution in [0.2, 0.25) is 0 Å². The van der Waals surface area contributed by atoms with Gasteiger partial charge in [0.25, 0.3) is 0 Å². The summed E-state index contributed by atoms with van der Waals surface area (Å²) >= 11 is 0. The molecule has 2 N–H and O–H groups in total. The van der Waals surface area contributed by atoms with Gasteiger partial charge in [-0.2, -0.15) is 13.2 Å². The number of hydroxylamine groups is 2. The first-order valence-corrected chi connectivity index (χ1v) is 4.84. The summed E-state index contributed by atoms with van der Waals surface area (Å²) < 4.78 is 37.9. The molecule has 0 amide bonds. The van der Waals surface area contributed by atoms with Gasteiger partial charge in [0.1, 0.15) is 5.70 Å². The number of carbonyl (C=O) groups is 1. The summed E-state index contributed by atoms with van der Waals surface area (Å²) in [5, 5.41) is 17.4. The van der Waals surface area contributed by atoms with E-state index in [1.807, 2.05) is 0 Å². The molecule has 0 aromatic carbocycles. The smallest absolute Gasteiger partial charge is 0.433 e. The molecule has 0 rings (SSSR count). The molecule has 0 aromatic rings.